The van der Waals surface area contributed by atoms with Crippen LogP contribution in [0.15, 0.2) is 24.3 Å². The van der Waals surface area contributed by atoms with Gasteiger partial charge in [0.25, 0.3) is 5.91 Å². The van der Waals surface area contributed by atoms with Gasteiger partial charge in [-0.3, -0.25) is 9.59 Å². The number of nitrogens with two attached hydrogens (primary N) is 1. The van der Waals surface area contributed by atoms with Crippen molar-refractivity contribution in [2.24, 2.45) is 11.7 Å². The molecule has 0 saturated carbocycles. The van der Waals surface area contributed by atoms with Crippen LogP contribution in [0.2, 0.25) is 0 Å². The van der Waals surface area contributed by atoms with E-state index in [1.165, 1.54) is 0 Å². The number of hydrogen-bond donors (Lipinski definition) is 2. The standard InChI is InChI=1S/C20H29N3O4/c1-14(27-13-18-3-2-12-26-18)20(25)22-16-4-6-17(7-5-16)23-10-8-15(9-11-23)19(21)24/h4-7,14-15,18H,2-3,8-13H2,1H3,(H2,21,24)(H,22,25). The first-order valence-corrected chi connectivity index (χ1v) is 9.71. The molecule has 0 radical (unpaired) electrons. The highest BCUT2D eigenvalue weighted by atomic mass is 16.5. The smallest absolute Gasteiger partial charge is 0.253 e. The van der Waals surface area contributed by atoms with Gasteiger partial charge in [0.1, 0.15) is 6.10 Å². The fourth-order valence-electron chi connectivity index (χ4n) is 3.52. The van der Waals surface area contributed by atoms with Gasteiger partial charge in [0.2, 0.25) is 5.91 Å². The lowest BCUT2D eigenvalue weighted by Crippen LogP contribution is -2.38. The van der Waals surface area contributed by atoms with E-state index < -0.39 is 6.10 Å². The van der Waals surface area contributed by atoms with Gasteiger partial charge in [-0.2, -0.15) is 0 Å². The molecule has 2 aliphatic heterocycles. The molecule has 3 rings (SSSR count). The van der Waals surface area contributed by atoms with Gasteiger partial charge in [0, 0.05) is 37.0 Å². The SMILES string of the molecule is CC(OCC1CCCO1)C(=O)Nc1ccc(N2CCC(C(N)=O)CC2)cc1. The molecule has 27 heavy (non-hydrogen) atoms. The van der Waals surface area contributed by atoms with Gasteiger partial charge >= 0.3 is 0 Å². The monoisotopic (exact) mass is 375 g/mol. The van der Waals surface area contributed by atoms with E-state index in [2.05, 4.69) is 10.2 Å². The summed E-state index contributed by atoms with van der Waals surface area (Å²) in [6, 6.07) is 7.75. The molecule has 0 bridgehead atoms. The van der Waals surface area contributed by atoms with Gasteiger partial charge in [0.05, 0.1) is 12.7 Å². The van der Waals surface area contributed by atoms with Gasteiger partial charge in [-0.25, -0.2) is 0 Å². The lowest BCUT2D eigenvalue weighted by Gasteiger charge is -2.32. The van der Waals surface area contributed by atoms with Gasteiger partial charge in [0.15, 0.2) is 0 Å². The highest BCUT2D eigenvalue weighted by molar-refractivity contribution is 5.94. The summed E-state index contributed by atoms with van der Waals surface area (Å²) in [5.74, 6) is -0.387. The lowest BCUT2D eigenvalue weighted by atomic mass is 9.96. The number of anilines is 2. The van der Waals surface area contributed by atoms with Gasteiger partial charge in [-0.15, -0.1) is 0 Å². The fraction of sp³-hybridized carbons (Fsp3) is 0.600. The highest BCUT2D eigenvalue weighted by Gasteiger charge is 2.23. The van der Waals surface area contributed by atoms with Crippen LogP contribution in [0.4, 0.5) is 11.4 Å². The fourth-order valence-corrected chi connectivity index (χ4v) is 3.52. The third-order valence-electron chi connectivity index (χ3n) is 5.32. The molecule has 0 aliphatic carbocycles. The predicted octanol–water partition coefficient (Wildman–Crippen LogP) is 1.91. The molecule has 7 heteroatoms. The minimum Gasteiger partial charge on any atom is -0.376 e. The second-order valence-electron chi connectivity index (χ2n) is 7.31. The Balaban J connectivity index is 1.45. The molecule has 148 valence electrons. The first-order chi connectivity index (χ1) is 13.0. The van der Waals surface area contributed by atoms with E-state index in [-0.39, 0.29) is 23.8 Å². The van der Waals surface area contributed by atoms with E-state index in [0.717, 1.165) is 56.8 Å². The van der Waals surface area contributed by atoms with E-state index in [1.54, 1.807) is 6.92 Å². The van der Waals surface area contributed by atoms with Crippen LogP contribution in [-0.4, -0.2) is 50.3 Å². The zero-order valence-electron chi connectivity index (χ0n) is 15.9. The molecule has 1 aromatic rings. The third kappa shape index (κ3) is 5.43. The third-order valence-corrected chi connectivity index (χ3v) is 5.32. The molecule has 2 unspecified atom stereocenters. The molecule has 7 nitrogen and oxygen atoms in total. The number of ether oxygens (including phenoxy) is 2. The number of carbonyl (C=O) groups excluding carboxylic acids is 2. The molecule has 1 aromatic carbocycles. The topological polar surface area (TPSA) is 93.9 Å². The van der Waals surface area contributed by atoms with Crippen LogP contribution in [-0.2, 0) is 19.1 Å². The Bertz CT molecular complexity index is 635. The quantitative estimate of drug-likeness (QED) is 0.759. The van der Waals surface area contributed by atoms with Crippen molar-refractivity contribution in [3.63, 3.8) is 0 Å². The van der Waals surface area contributed by atoms with Crippen LogP contribution in [0, 0.1) is 5.92 Å². The normalized spacial score (nSPS) is 21.8. The Morgan fingerprint density at radius 1 is 1.26 bits per heavy atom. The van der Waals surface area contributed by atoms with E-state index in [1.807, 2.05) is 24.3 Å². The number of hydrogen-bond acceptors (Lipinski definition) is 5. The van der Waals surface area contributed by atoms with Crippen molar-refractivity contribution in [3.05, 3.63) is 24.3 Å². The summed E-state index contributed by atoms with van der Waals surface area (Å²) in [5.41, 5.74) is 7.21. The zero-order valence-corrected chi connectivity index (χ0v) is 15.9. The van der Waals surface area contributed by atoms with Crippen LogP contribution in [0.25, 0.3) is 0 Å². The highest BCUT2D eigenvalue weighted by Crippen LogP contribution is 2.24. The van der Waals surface area contributed by atoms with Crippen LogP contribution < -0.4 is 16.0 Å². The lowest BCUT2D eigenvalue weighted by molar-refractivity contribution is -0.128. The molecule has 2 heterocycles. The summed E-state index contributed by atoms with van der Waals surface area (Å²) >= 11 is 0. The van der Waals surface area contributed by atoms with Crippen LogP contribution >= 0.6 is 0 Å². The summed E-state index contributed by atoms with van der Waals surface area (Å²) in [4.78, 5) is 25.8. The predicted molar refractivity (Wildman–Crippen MR) is 104 cm³/mol. The molecule has 3 N–H and O–H groups in total. The number of piperidine rings is 1. The first kappa shape index (κ1) is 19.6. The number of rotatable bonds is 7. The number of nitrogens with one attached hydrogen (secondary N) is 1. The largest absolute Gasteiger partial charge is 0.376 e. The Kier molecular flexibility index (Phi) is 6.68. The van der Waals surface area contributed by atoms with Crippen molar-refractivity contribution in [2.75, 3.05) is 36.5 Å². The van der Waals surface area contributed by atoms with Crippen LogP contribution in [0.3, 0.4) is 0 Å². The van der Waals surface area contributed by atoms with E-state index >= 15 is 0 Å². The number of amides is 2. The number of benzene rings is 1. The maximum atomic E-state index is 12.3. The van der Waals surface area contributed by atoms with Crippen molar-refractivity contribution in [1.29, 1.82) is 0 Å². The van der Waals surface area contributed by atoms with Gasteiger partial charge in [-0.1, -0.05) is 0 Å². The van der Waals surface area contributed by atoms with Crippen molar-refractivity contribution in [3.8, 4) is 0 Å². The summed E-state index contributed by atoms with van der Waals surface area (Å²) in [6.07, 6.45) is 3.20. The second kappa shape index (κ2) is 9.19. The minimum atomic E-state index is -0.526. The number of primary amides is 1. The molecule has 2 amide bonds. The summed E-state index contributed by atoms with van der Waals surface area (Å²) in [5, 5.41) is 2.88. The Morgan fingerprint density at radius 2 is 1.96 bits per heavy atom. The summed E-state index contributed by atoms with van der Waals surface area (Å²) in [6.45, 7) is 4.61. The molecule has 2 aliphatic rings. The maximum absolute atomic E-state index is 12.3. The maximum Gasteiger partial charge on any atom is 0.253 e. The first-order valence-electron chi connectivity index (χ1n) is 9.71. The van der Waals surface area contributed by atoms with Gasteiger partial charge in [-0.05, 0) is 56.9 Å². The van der Waals surface area contributed by atoms with Gasteiger partial charge < -0.3 is 25.4 Å². The molecule has 0 spiro atoms. The molecule has 0 aromatic heterocycles. The molecular weight excluding hydrogens is 346 g/mol. The Labute approximate surface area is 160 Å². The molecular formula is C20H29N3O4. The van der Waals surface area contributed by atoms with Crippen LogP contribution in [0.5, 0.6) is 0 Å². The van der Waals surface area contributed by atoms with E-state index in [0.29, 0.717) is 6.61 Å². The van der Waals surface area contributed by atoms with Crippen molar-refractivity contribution in [2.45, 2.75) is 44.8 Å². The molecule has 2 atom stereocenters. The van der Waals surface area contributed by atoms with E-state index in [4.69, 9.17) is 15.2 Å². The zero-order chi connectivity index (χ0) is 19.2. The van der Waals surface area contributed by atoms with Crippen LogP contribution in [0.1, 0.15) is 32.6 Å². The summed E-state index contributed by atoms with van der Waals surface area (Å²) < 4.78 is 11.1. The van der Waals surface area contributed by atoms with Crippen molar-refractivity contribution in [1.82, 2.24) is 0 Å². The van der Waals surface area contributed by atoms with E-state index in [9.17, 15) is 9.59 Å². The average molecular weight is 375 g/mol. The average Bonchev–Trinajstić information content (AvgIpc) is 3.20. The number of carbonyl (C=O) groups is 2. The Hall–Kier alpha value is -2.12. The number of nitrogens with zero attached hydrogens (tertiary/aromatic N) is 1. The molecule has 2 saturated heterocycles. The second-order valence-corrected chi connectivity index (χ2v) is 7.31. The van der Waals surface area contributed by atoms with Crippen molar-refractivity contribution < 1.29 is 19.1 Å². The minimum absolute atomic E-state index is 0.0177. The summed E-state index contributed by atoms with van der Waals surface area (Å²) in [7, 11) is 0. The Morgan fingerprint density at radius 3 is 2.56 bits per heavy atom. The van der Waals surface area contributed by atoms with Crippen molar-refractivity contribution >= 4 is 23.2 Å². The molecule has 2 fully saturated rings.